The fraction of sp³-hybridized carbons (Fsp3) is 0.733. The average Bonchev–Trinajstić information content (AvgIpc) is 3.04. The molecule has 0 aromatic carbocycles. The molecule has 1 amide bonds. The highest BCUT2D eigenvalue weighted by Crippen LogP contribution is 2.45. The lowest BCUT2D eigenvalue weighted by Crippen LogP contribution is -2.48. The molecular weight excluding hydrogens is 252 g/mol. The van der Waals surface area contributed by atoms with Crippen LogP contribution in [-0.2, 0) is 18.4 Å². The molecule has 5 nitrogen and oxygen atoms in total. The molecule has 0 spiro atoms. The zero-order chi connectivity index (χ0) is 14.2. The molecule has 0 unspecified atom stereocenters. The predicted molar refractivity (Wildman–Crippen MR) is 76.9 cm³/mol. The van der Waals surface area contributed by atoms with Crippen molar-refractivity contribution in [3.8, 4) is 0 Å². The number of aryl methyl sites for hydroxylation is 1. The fourth-order valence-corrected chi connectivity index (χ4v) is 3.95. The van der Waals surface area contributed by atoms with Crippen molar-refractivity contribution in [2.75, 3.05) is 20.1 Å². The summed E-state index contributed by atoms with van der Waals surface area (Å²) in [5, 5.41) is 7.62. The van der Waals surface area contributed by atoms with E-state index < -0.39 is 0 Å². The van der Waals surface area contributed by atoms with E-state index in [2.05, 4.69) is 10.4 Å². The lowest BCUT2D eigenvalue weighted by atomic mass is 9.67. The number of hydrogen-bond donors (Lipinski definition) is 1. The zero-order valence-electron chi connectivity index (χ0n) is 12.4. The molecule has 1 aliphatic carbocycles. The molecule has 1 saturated carbocycles. The SMILES string of the molecule is CN(Cc1cnn(C)c1)C(=O)[C@@]12CCCC[C@H]1CNC2. The van der Waals surface area contributed by atoms with Crippen molar-refractivity contribution in [2.45, 2.75) is 32.2 Å². The third-order valence-corrected chi connectivity index (χ3v) is 4.99. The average molecular weight is 276 g/mol. The summed E-state index contributed by atoms with van der Waals surface area (Å²) in [4.78, 5) is 14.9. The van der Waals surface area contributed by atoms with Gasteiger partial charge >= 0.3 is 0 Å². The molecule has 20 heavy (non-hydrogen) atoms. The number of nitrogens with one attached hydrogen (secondary N) is 1. The van der Waals surface area contributed by atoms with E-state index >= 15 is 0 Å². The van der Waals surface area contributed by atoms with Crippen molar-refractivity contribution in [2.24, 2.45) is 18.4 Å². The molecule has 1 N–H and O–H groups in total. The van der Waals surface area contributed by atoms with E-state index in [1.54, 1.807) is 4.68 Å². The maximum atomic E-state index is 13.0. The number of hydrogen-bond acceptors (Lipinski definition) is 3. The highest BCUT2D eigenvalue weighted by atomic mass is 16.2. The van der Waals surface area contributed by atoms with Crippen molar-refractivity contribution >= 4 is 5.91 Å². The predicted octanol–water partition coefficient (Wildman–Crippen LogP) is 1.16. The third-order valence-electron chi connectivity index (χ3n) is 4.99. The topological polar surface area (TPSA) is 50.2 Å². The van der Waals surface area contributed by atoms with E-state index in [1.165, 1.54) is 19.3 Å². The molecule has 3 rings (SSSR count). The van der Waals surface area contributed by atoms with Gasteiger partial charge in [-0.1, -0.05) is 12.8 Å². The van der Waals surface area contributed by atoms with Gasteiger partial charge in [-0.05, 0) is 25.3 Å². The van der Waals surface area contributed by atoms with Gasteiger partial charge in [0.15, 0.2) is 0 Å². The molecule has 2 heterocycles. The van der Waals surface area contributed by atoms with Crippen LogP contribution in [0.5, 0.6) is 0 Å². The molecule has 1 saturated heterocycles. The minimum absolute atomic E-state index is 0.144. The van der Waals surface area contributed by atoms with E-state index in [4.69, 9.17) is 0 Å². The van der Waals surface area contributed by atoms with Crippen molar-refractivity contribution in [3.05, 3.63) is 18.0 Å². The number of fused-ring (bicyclic) bond motifs is 1. The van der Waals surface area contributed by atoms with Gasteiger partial charge in [0.1, 0.15) is 0 Å². The van der Waals surface area contributed by atoms with Crippen molar-refractivity contribution < 1.29 is 4.79 Å². The van der Waals surface area contributed by atoms with Crippen LogP contribution in [-0.4, -0.2) is 40.7 Å². The first kappa shape index (κ1) is 13.6. The number of carbonyl (C=O) groups excluding carboxylic acids is 1. The zero-order valence-corrected chi connectivity index (χ0v) is 12.4. The Morgan fingerprint density at radius 2 is 2.45 bits per heavy atom. The van der Waals surface area contributed by atoms with Gasteiger partial charge in [0, 0.05) is 38.9 Å². The summed E-state index contributed by atoms with van der Waals surface area (Å²) in [5.74, 6) is 0.844. The van der Waals surface area contributed by atoms with E-state index in [1.807, 2.05) is 31.4 Å². The summed E-state index contributed by atoms with van der Waals surface area (Å²) in [7, 11) is 3.83. The fourth-order valence-electron chi connectivity index (χ4n) is 3.95. The second kappa shape index (κ2) is 5.20. The van der Waals surface area contributed by atoms with Crippen LogP contribution < -0.4 is 5.32 Å². The van der Waals surface area contributed by atoms with Gasteiger partial charge in [-0.3, -0.25) is 9.48 Å². The van der Waals surface area contributed by atoms with Crippen LogP contribution >= 0.6 is 0 Å². The number of carbonyl (C=O) groups is 1. The van der Waals surface area contributed by atoms with E-state index in [-0.39, 0.29) is 5.41 Å². The molecule has 1 aromatic rings. The van der Waals surface area contributed by atoms with Crippen LogP contribution in [0.2, 0.25) is 0 Å². The molecule has 110 valence electrons. The van der Waals surface area contributed by atoms with Gasteiger partial charge in [-0.15, -0.1) is 0 Å². The Labute approximate surface area is 120 Å². The molecule has 2 aliphatic rings. The largest absolute Gasteiger partial charge is 0.341 e. The van der Waals surface area contributed by atoms with Crippen LogP contribution in [0.15, 0.2) is 12.4 Å². The Morgan fingerprint density at radius 1 is 1.60 bits per heavy atom. The Morgan fingerprint density at radius 3 is 3.20 bits per heavy atom. The summed E-state index contributed by atoms with van der Waals surface area (Å²) in [6.07, 6.45) is 8.51. The first-order valence-corrected chi connectivity index (χ1v) is 7.56. The maximum absolute atomic E-state index is 13.0. The minimum Gasteiger partial charge on any atom is -0.341 e. The minimum atomic E-state index is -0.144. The smallest absolute Gasteiger partial charge is 0.230 e. The lowest BCUT2D eigenvalue weighted by molar-refractivity contribution is -0.144. The highest BCUT2D eigenvalue weighted by Gasteiger charge is 2.50. The first-order chi connectivity index (χ1) is 9.62. The lowest BCUT2D eigenvalue weighted by Gasteiger charge is -2.39. The molecule has 0 radical (unpaired) electrons. The first-order valence-electron chi connectivity index (χ1n) is 7.56. The second-order valence-corrected chi connectivity index (χ2v) is 6.41. The van der Waals surface area contributed by atoms with Crippen LogP contribution in [0.1, 0.15) is 31.2 Å². The van der Waals surface area contributed by atoms with E-state index in [0.29, 0.717) is 18.4 Å². The molecular formula is C15H24N4O. The Bertz CT molecular complexity index is 498. The maximum Gasteiger partial charge on any atom is 0.230 e. The van der Waals surface area contributed by atoms with Crippen LogP contribution in [0.3, 0.4) is 0 Å². The second-order valence-electron chi connectivity index (χ2n) is 6.41. The molecule has 2 fully saturated rings. The molecule has 5 heteroatoms. The van der Waals surface area contributed by atoms with Gasteiger partial charge in [0.05, 0.1) is 11.6 Å². The van der Waals surface area contributed by atoms with E-state index in [9.17, 15) is 4.79 Å². The summed E-state index contributed by atoms with van der Waals surface area (Å²) in [5.41, 5.74) is 0.952. The third kappa shape index (κ3) is 2.24. The van der Waals surface area contributed by atoms with Crippen LogP contribution in [0.4, 0.5) is 0 Å². The van der Waals surface area contributed by atoms with Gasteiger partial charge in [0.25, 0.3) is 0 Å². The number of amides is 1. The molecule has 0 bridgehead atoms. The summed E-state index contributed by atoms with van der Waals surface area (Å²) >= 11 is 0. The van der Waals surface area contributed by atoms with E-state index in [0.717, 1.165) is 25.1 Å². The molecule has 2 atom stereocenters. The summed E-state index contributed by atoms with van der Waals surface area (Å²) in [6, 6.07) is 0. The van der Waals surface area contributed by atoms with Gasteiger partial charge in [-0.25, -0.2) is 0 Å². The number of rotatable bonds is 3. The number of aromatic nitrogens is 2. The van der Waals surface area contributed by atoms with Gasteiger partial charge in [0.2, 0.25) is 5.91 Å². The number of nitrogens with zero attached hydrogens (tertiary/aromatic N) is 3. The highest BCUT2D eigenvalue weighted by molar-refractivity contribution is 5.83. The Balaban J connectivity index is 1.73. The van der Waals surface area contributed by atoms with Crippen molar-refractivity contribution in [3.63, 3.8) is 0 Å². The monoisotopic (exact) mass is 276 g/mol. The van der Waals surface area contributed by atoms with Crippen LogP contribution in [0.25, 0.3) is 0 Å². The summed E-state index contributed by atoms with van der Waals surface area (Å²) < 4.78 is 1.78. The van der Waals surface area contributed by atoms with Gasteiger partial charge < -0.3 is 10.2 Å². The Hall–Kier alpha value is -1.36. The van der Waals surface area contributed by atoms with Crippen molar-refractivity contribution in [1.82, 2.24) is 20.0 Å². The standard InChI is InChI=1S/C15H24N4O/c1-18(9-12-7-17-19(2)10-12)14(20)15-6-4-3-5-13(15)8-16-11-15/h7,10,13,16H,3-6,8-9,11H2,1-2H3/t13-,15+/m0/s1. The quantitative estimate of drug-likeness (QED) is 0.901. The Kier molecular flexibility index (Phi) is 3.54. The van der Waals surface area contributed by atoms with Crippen LogP contribution in [0, 0.1) is 11.3 Å². The summed E-state index contributed by atoms with van der Waals surface area (Å²) in [6.45, 7) is 2.52. The normalized spacial score (nSPS) is 29.2. The van der Waals surface area contributed by atoms with Crippen molar-refractivity contribution in [1.29, 1.82) is 0 Å². The molecule has 1 aromatic heterocycles. The van der Waals surface area contributed by atoms with Gasteiger partial charge in [-0.2, -0.15) is 5.10 Å². The molecule has 1 aliphatic heterocycles.